The topological polar surface area (TPSA) is 35.9 Å². The predicted octanol–water partition coefficient (Wildman–Crippen LogP) is 13.8. The zero-order valence-corrected chi connectivity index (χ0v) is 36.3. The summed E-state index contributed by atoms with van der Waals surface area (Å²) in [5.41, 5.74) is 2.45. The van der Waals surface area contributed by atoms with E-state index in [-0.39, 0.29) is 83.0 Å². The van der Waals surface area contributed by atoms with Crippen molar-refractivity contribution < 1.29 is 53.7 Å². The number of hydrogen-bond acceptors (Lipinski definition) is 2. The molecule has 0 aliphatic rings. The molecule has 0 aliphatic heterocycles. The van der Waals surface area contributed by atoms with E-state index in [0.717, 1.165) is 10.8 Å². The number of rotatable bonds is 10. The van der Waals surface area contributed by atoms with E-state index < -0.39 is 103 Å². The fourth-order valence-corrected chi connectivity index (χ4v) is 7.86. The van der Waals surface area contributed by atoms with Crippen molar-refractivity contribution in [1.82, 2.24) is 14.1 Å². The van der Waals surface area contributed by atoms with Crippen molar-refractivity contribution in [3.63, 3.8) is 0 Å². The van der Waals surface area contributed by atoms with Gasteiger partial charge in [0.2, 0.25) is 0 Å². The molecule has 0 radical (unpaired) electrons. The van der Waals surface area contributed by atoms with E-state index in [2.05, 4.69) is 18.5 Å². The van der Waals surface area contributed by atoms with E-state index in [0.29, 0.717) is 27.8 Å². The van der Waals surface area contributed by atoms with Crippen LogP contribution in [0.3, 0.4) is 0 Å². The van der Waals surface area contributed by atoms with Gasteiger partial charge in [0.15, 0.2) is 0 Å². The predicted molar refractivity (Wildman–Crippen MR) is 255 cm³/mol. The summed E-state index contributed by atoms with van der Waals surface area (Å²) in [6.07, 6.45) is 2.63. The molecule has 3 heterocycles. The smallest absolute Gasteiger partial charge is 0.268 e. The fraction of sp³-hybridized carbons (Fsp3) is 0.0690. The van der Waals surface area contributed by atoms with Crippen LogP contribution >= 0.6 is 0 Å². The van der Waals surface area contributed by atoms with Crippen LogP contribution in [0.5, 0.6) is 11.5 Å². The summed E-state index contributed by atoms with van der Waals surface area (Å²) < 4.78 is 160. The third-order valence-electron chi connectivity index (χ3n) is 10.5. The molecule has 6 heteroatoms. The molecule has 0 bridgehead atoms. The molecule has 3 aromatic heterocycles. The Kier molecular flexibility index (Phi) is 7.00. The molecule has 0 amide bonds. The second-order valence-electron chi connectivity index (χ2n) is 14.8. The van der Waals surface area contributed by atoms with Crippen molar-refractivity contribution in [2.45, 2.75) is 20.2 Å². The first-order valence-corrected chi connectivity index (χ1v) is 20.0. The molecule has 0 N–H and O–H groups in total. The van der Waals surface area contributed by atoms with Crippen molar-refractivity contribution >= 4 is 32.8 Å². The summed E-state index contributed by atoms with van der Waals surface area (Å²) in [6, 6.07) is 27.9. The Morgan fingerprint density at radius 2 is 1.25 bits per heavy atom. The Bertz CT molecular complexity index is 4270. The Hall–Kier alpha value is -7.33. The maximum atomic E-state index is 9.32. The van der Waals surface area contributed by atoms with Gasteiger partial charge in [-0.1, -0.05) is 171 Å². The van der Waals surface area contributed by atoms with Gasteiger partial charge in [-0.3, -0.25) is 4.57 Å². The van der Waals surface area contributed by atoms with Crippen molar-refractivity contribution in [2.24, 2.45) is 5.92 Å². The summed E-state index contributed by atoms with van der Waals surface area (Å²) in [5.74, 6) is 0.119. The first-order chi connectivity index (χ1) is 38.0. The van der Waals surface area contributed by atoms with E-state index >= 15 is 0 Å². The zero-order chi connectivity index (χ0) is 57.1. The van der Waals surface area contributed by atoms with Gasteiger partial charge >= 0.3 is 0 Å². The minimum atomic E-state index is -2.07. The van der Waals surface area contributed by atoms with E-state index in [4.69, 9.17) is 30.3 Å². The number of benzene rings is 8. The molecule has 5 nitrogen and oxygen atoms in total. The molecule has 0 aliphatic carbocycles. The molecular weight excluding hydrogens is 964 g/mol. The van der Waals surface area contributed by atoms with Gasteiger partial charge in [-0.05, 0) is 68.9 Å². The maximum absolute atomic E-state index is 9.32. The third kappa shape index (κ3) is 7.52. The van der Waals surface area contributed by atoms with E-state index in [1.165, 1.54) is 12.3 Å². The van der Waals surface area contributed by atoms with Crippen molar-refractivity contribution in [2.75, 3.05) is 0 Å². The molecule has 8 aromatic carbocycles. The van der Waals surface area contributed by atoms with Gasteiger partial charge in [-0.15, -0.1) is 29.7 Å². The average Bonchev–Trinajstić information content (AvgIpc) is 4.06. The maximum Gasteiger partial charge on any atom is 0.268 e. The summed E-state index contributed by atoms with van der Waals surface area (Å²) in [7, 11) is 0. The molecule has 0 saturated carbocycles. The van der Waals surface area contributed by atoms with Gasteiger partial charge in [0.1, 0.15) is 5.82 Å². The molecule has 11 rings (SSSR count). The fourth-order valence-electron chi connectivity index (χ4n) is 7.86. The van der Waals surface area contributed by atoms with Crippen LogP contribution in [0.2, 0.25) is 0 Å². The summed E-state index contributed by atoms with van der Waals surface area (Å²) >= 11 is 0. The van der Waals surface area contributed by atoms with Gasteiger partial charge in [0.05, 0.1) is 37.3 Å². The van der Waals surface area contributed by atoms with Crippen molar-refractivity contribution in [3.8, 4) is 62.1 Å². The van der Waals surface area contributed by atoms with Crippen LogP contribution in [0.1, 0.15) is 42.7 Å². The first kappa shape index (κ1) is 25.7. The van der Waals surface area contributed by atoms with Crippen LogP contribution in [0.4, 0.5) is 0 Å². The molecule has 312 valence electrons. The Labute approximate surface area is 411 Å². The number of pyridine rings is 1. The van der Waals surface area contributed by atoms with Crippen LogP contribution in [0, 0.1) is 24.4 Å². The SMILES string of the molecule is [2H]c1c([2H])c([2H])c(-c2cnc(-n3c4[c-]c(Oc5[c-]c(-n6[c-][n+](-c7c(-c8c([2H])c([2H])c([2H])c([2H])c8[2H])cccc7-c7c([2H])c([2H])c([2H])c([2H])c7[2H])c7ccccc76)ccc5)ccc4c4ccccc43)cc2C([2H])([2H])C(C)C)c([2H])c1[2H].[Pt]. The molecule has 0 fully saturated rings. The number of nitrogens with zero attached hydrogens (tertiary/aromatic N) is 4. The number of fused-ring (bicyclic) bond motifs is 4. The van der Waals surface area contributed by atoms with Gasteiger partial charge in [0.25, 0.3) is 6.33 Å². The second-order valence-corrected chi connectivity index (χ2v) is 14.8. The van der Waals surface area contributed by atoms with E-state index in [1.54, 1.807) is 94.3 Å². The number of para-hydroxylation sites is 4. The Morgan fingerprint density at radius 1 is 0.641 bits per heavy atom. The molecule has 0 spiro atoms. The number of imidazole rings is 1. The summed E-state index contributed by atoms with van der Waals surface area (Å²) in [4.78, 5) is 4.79. The number of ether oxygens (including phenoxy) is 1. The molecule has 0 atom stereocenters. The van der Waals surface area contributed by atoms with Gasteiger partial charge in [0, 0.05) is 52.6 Å². The largest absolute Gasteiger partial charge is 0.510 e. The first-order valence-electron chi connectivity index (χ1n) is 28.5. The second kappa shape index (κ2) is 17.4. The average molecular weight is 1020 g/mol. The van der Waals surface area contributed by atoms with Crippen LogP contribution in [-0.4, -0.2) is 14.1 Å². The Morgan fingerprint density at radius 3 is 1.94 bits per heavy atom. The molecule has 0 unspecified atom stereocenters. The number of hydrogen-bond donors (Lipinski definition) is 0. The molecular formula is C58H42N4OPt-2. The van der Waals surface area contributed by atoms with Crippen molar-refractivity contribution in [3.05, 3.63) is 224 Å². The van der Waals surface area contributed by atoms with Gasteiger partial charge < -0.3 is 13.9 Å². The van der Waals surface area contributed by atoms with Crippen LogP contribution in [-0.2, 0) is 27.4 Å². The minimum absolute atomic E-state index is 0. The Balaban J connectivity index is 0.00000736. The van der Waals surface area contributed by atoms with E-state index in [1.807, 2.05) is 30.3 Å². The van der Waals surface area contributed by atoms with Crippen molar-refractivity contribution in [1.29, 1.82) is 0 Å². The minimum Gasteiger partial charge on any atom is -0.510 e. The monoisotopic (exact) mass is 1020 g/mol. The van der Waals surface area contributed by atoms with Crippen LogP contribution in [0.25, 0.3) is 83.4 Å². The van der Waals surface area contributed by atoms with E-state index in [9.17, 15) is 2.74 Å². The molecule has 11 aromatic rings. The normalized spacial score (nSPS) is 15.3. The zero-order valence-electron chi connectivity index (χ0n) is 51.0. The van der Waals surface area contributed by atoms with Gasteiger partial charge in [-0.2, -0.15) is 18.2 Å². The molecule has 0 saturated heterocycles. The van der Waals surface area contributed by atoms with Gasteiger partial charge in [-0.25, -0.2) is 4.98 Å². The third-order valence-corrected chi connectivity index (χ3v) is 10.5. The quantitative estimate of drug-likeness (QED) is 0.101. The number of aromatic nitrogens is 4. The molecule has 64 heavy (non-hydrogen) atoms. The van der Waals surface area contributed by atoms with Crippen LogP contribution in [0.15, 0.2) is 200 Å². The summed E-state index contributed by atoms with van der Waals surface area (Å²) in [5, 5.41) is 1.57. The van der Waals surface area contributed by atoms with Crippen LogP contribution < -0.4 is 9.30 Å². The standard InChI is InChI=1S/C58H42N4O.Pt/c1-40(2)34-44-35-57(59-38-52(44)43-22-10-5-11-23-43)62-53-29-13-12-26-50(53)51-33-32-47(37-56(51)62)63-46-25-16-24-45(36-46)60-39-61(55-31-15-14-30-54(55)60)58-48(41-18-6-3-7-19-41)27-17-28-49(58)42-20-8-4-9-21-42;/h3-33,35,38,40H,34H2,1-2H3;/q-2;/i3D,4D,5D,6D,7D,8D,9D,10D,11D,18D,19D,20D,21D,22D,23D,34D2;. The summed E-state index contributed by atoms with van der Waals surface area (Å²) in [6.45, 7) is 3.39.